The van der Waals surface area contributed by atoms with E-state index in [4.69, 9.17) is 10.4 Å². The first-order valence-electron chi connectivity index (χ1n) is 5.90. The van der Waals surface area contributed by atoms with Crippen LogP contribution in [0.5, 0.6) is 0 Å². The maximum absolute atomic E-state index is 10.8. The summed E-state index contributed by atoms with van der Waals surface area (Å²) >= 11 is 1.36. The molecular weight excluding hydrogens is 248 g/mol. The molecule has 1 aliphatic carbocycles. The third kappa shape index (κ3) is 2.65. The van der Waals surface area contributed by atoms with Crippen LogP contribution in [0.1, 0.15) is 30.2 Å². The molecule has 5 heteroatoms. The fraction of sp³-hybridized carbons (Fsp3) is 0.462. The zero-order valence-electron chi connectivity index (χ0n) is 10.1. The average Bonchev–Trinajstić information content (AvgIpc) is 2.81. The molecule has 1 N–H and O–H groups in total. The van der Waals surface area contributed by atoms with Gasteiger partial charge >= 0.3 is 5.97 Å². The highest BCUT2D eigenvalue weighted by Crippen LogP contribution is 2.28. The van der Waals surface area contributed by atoms with E-state index in [0.717, 1.165) is 25.0 Å². The Kier molecular flexibility index (Phi) is 3.87. The molecule has 1 unspecified atom stereocenters. The third-order valence-electron chi connectivity index (χ3n) is 3.03. The number of carbonyl (C=O) groups is 1. The van der Waals surface area contributed by atoms with E-state index in [0.29, 0.717) is 16.3 Å². The summed E-state index contributed by atoms with van der Waals surface area (Å²) in [6.45, 7) is 1.66. The van der Waals surface area contributed by atoms with Gasteiger partial charge in [-0.1, -0.05) is 6.92 Å². The summed E-state index contributed by atoms with van der Waals surface area (Å²) in [6, 6.07) is 4.05. The smallest absolute Gasteiger partial charge is 0.307 e. The number of hydrogen-bond acceptors (Lipinski definition) is 4. The van der Waals surface area contributed by atoms with Crippen LogP contribution in [0.3, 0.4) is 0 Å². The minimum absolute atomic E-state index is 0.434. The maximum atomic E-state index is 10.8. The number of carboxylic acids is 1. The molecule has 0 radical (unpaired) electrons. The number of aryl methyl sites for hydroxylation is 2. The molecule has 0 saturated carbocycles. The summed E-state index contributed by atoms with van der Waals surface area (Å²) in [5.41, 5.74) is 2.81. The van der Waals surface area contributed by atoms with Gasteiger partial charge in [0.25, 0.3) is 0 Å². The summed E-state index contributed by atoms with van der Waals surface area (Å²) in [7, 11) is 0. The Morgan fingerprint density at radius 2 is 2.44 bits per heavy atom. The van der Waals surface area contributed by atoms with E-state index in [9.17, 15) is 4.79 Å². The lowest BCUT2D eigenvalue weighted by atomic mass is 10.2. The van der Waals surface area contributed by atoms with Crippen LogP contribution in [-0.2, 0) is 17.6 Å². The molecule has 0 bridgehead atoms. The van der Waals surface area contributed by atoms with Gasteiger partial charge in [0.05, 0.1) is 11.5 Å². The van der Waals surface area contributed by atoms with E-state index in [1.165, 1.54) is 17.3 Å². The lowest BCUT2D eigenvalue weighted by molar-refractivity contribution is -0.140. The SMILES string of the molecule is CC(CSc1nc2c(cc1C#N)CCC2)C(=O)O. The number of hydrogen-bond donors (Lipinski definition) is 1. The van der Waals surface area contributed by atoms with Crippen molar-refractivity contribution in [3.63, 3.8) is 0 Å². The molecule has 1 aromatic rings. The maximum Gasteiger partial charge on any atom is 0.307 e. The average molecular weight is 262 g/mol. The van der Waals surface area contributed by atoms with Crippen LogP contribution in [0.25, 0.3) is 0 Å². The summed E-state index contributed by atoms with van der Waals surface area (Å²) in [6.07, 6.45) is 3.05. The Labute approximate surface area is 110 Å². The third-order valence-corrected chi connectivity index (χ3v) is 4.28. The molecule has 0 amide bonds. The highest BCUT2D eigenvalue weighted by Gasteiger charge is 2.18. The standard InChI is InChI=1S/C13H14N2O2S/c1-8(13(16)17)7-18-12-10(6-14)5-9-3-2-4-11(9)15-12/h5,8H,2-4,7H2,1H3,(H,16,17). The first kappa shape index (κ1) is 12.9. The van der Waals surface area contributed by atoms with Gasteiger partial charge in [-0.3, -0.25) is 4.79 Å². The first-order chi connectivity index (χ1) is 8.61. The number of nitriles is 1. The van der Waals surface area contributed by atoms with Crippen LogP contribution < -0.4 is 0 Å². The molecule has 0 saturated heterocycles. The molecular formula is C13H14N2O2S. The largest absolute Gasteiger partial charge is 0.481 e. The Morgan fingerprint density at radius 1 is 1.67 bits per heavy atom. The number of nitrogens with zero attached hydrogens (tertiary/aromatic N) is 2. The minimum Gasteiger partial charge on any atom is -0.481 e. The second-order valence-corrected chi connectivity index (χ2v) is 5.47. The number of thioether (sulfide) groups is 1. The Hall–Kier alpha value is -1.54. The van der Waals surface area contributed by atoms with Gasteiger partial charge < -0.3 is 5.11 Å². The van der Waals surface area contributed by atoms with Gasteiger partial charge in [0.1, 0.15) is 11.1 Å². The molecule has 1 atom stereocenters. The number of aliphatic carboxylic acids is 1. The van der Waals surface area contributed by atoms with E-state index in [1.807, 2.05) is 6.07 Å². The zero-order valence-corrected chi connectivity index (χ0v) is 11.0. The number of pyridine rings is 1. The second kappa shape index (κ2) is 5.40. The molecule has 1 aliphatic rings. The van der Waals surface area contributed by atoms with E-state index < -0.39 is 11.9 Å². The normalized spacial score (nSPS) is 14.9. The van der Waals surface area contributed by atoms with Gasteiger partial charge in [-0.2, -0.15) is 5.26 Å². The zero-order chi connectivity index (χ0) is 13.1. The summed E-state index contributed by atoms with van der Waals surface area (Å²) in [5.74, 6) is -0.811. The van der Waals surface area contributed by atoms with Crippen molar-refractivity contribution in [1.29, 1.82) is 5.26 Å². The molecule has 1 heterocycles. The Morgan fingerprint density at radius 3 is 3.11 bits per heavy atom. The van der Waals surface area contributed by atoms with E-state index in [2.05, 4.69) is 11.1 Å². The highest BCUT2D eigenvalue weighted by molar-refractivity contribution is 7.99. The van der Waals surface area contributed by atoms with Gasteiger partial charge in [-0.15, -0.1) is 11.8 Å². The second-order valence-electron chi connectivity index (χ2n) is 4.46. The molecule has 94 valence electrons. The van der Waals surface area contributed by atoms with Crippen LogP contribution in [0, 0.1) is 17.2 Å². The number of rotatable bonds is 4. The van der Waals surface area contributed by atoms with Gasteiger partial charge in [0.2, 0.25) is 0 Å². The molecule has 0 spiro atoms. The lowest BCUT2D eigenvalue weighted by Crippen LogP contribution is -2.12. The quantitative estimate of drug-likeness (QED) is 0.842. The molecule has 0 fully saturated rings. The first-order valence-corrected chi connectivity index (χ1v) is 6.89. The van der Waals surface area contributed by atoms with Crippen molar-refractivity contribution < 1.29 is 9.90 Å². The van der Waals surface area contributed by atoms with Crippen molar-refractivity contribution in [2.75, 3.05) is 5.75 Å². The van der Waals surface area contributed by atoms with Crippen molar-refractivity contribution in [1.82, 2.24) is 4.98 Å². The van der Waals surface area contributed by atoms with Gasteiger partial charge in [0, 0.05) is 11.4 Å². The van der Waals surface area contributed by atoms with Crippen LogP contribution >= 0.6 is 11.8 Å². The molecule has 0 aromatic carbocycles. The summed E-state index contributed by atoms with van der Waals surface area (Å²) in [4.78, 5) is 15.3. The Bertz CT molecular complexity index is 522. The van der Waals surface area contributed by atoms with Crippen molar-refractivity contribution in [3.05, 3.63) is 22.9 Å². The number of carboxylic acid groups (broad SMARTS) is 1. The van der Waals surface area contributed by atoms with Gasteiger partial charge in [-0.25, -0.2) is 4.98 Å². The van der Waals surface area contributed by atoms with Crippen LogP contribution in [0.15, 0.2) is 11.1 Å². The minimum atomic E-state index is -0.817. The van der Waals surface area contributed by atoms with Crippen molar-refractivity contribution in [2.45, 2.75) is 31.2 Å². The predicted molar refractivity (Wildman–Crippen MR) is 68.5 cm³/mol. The molecule has 1 aromatic heterocycles. The summed E-state index contributed by atoms with van der Waals surface area (Å²) < 4.78 is 0. The van der Waals surface area contributed by atoms with E-state index >= 15 is 0 Å². The van der Waals surface area contributed by atoms with Crippen LogP contribution in [-0.4, -0.2) is 21.8 Å². The van der Waals surface area contributed by atoms with Crippen molar-refractivity contribution in [2.24, 2.45) is 5.92 Å². The van der Waals surface area contributed by atoms with E-state index in [-0.39, 0.29) is 0 Å². The monoisotopic (exact) mass is 262 g/mol. The van der Waals surface area contributed by atoms with Gasteiger partial charge in [0.15, 0.2) is 0 Å². The molecule has 18 heavy (non-hydrogen) atoms. The fourth-order valence-electron chi connectivity index (χ4n) is 1.92. The number of aromatic nitrogens is 1. The molecule has 4 nitrogen and oxygen atoms in total. The molecule has 0 aliphatic heterocycles. The highest BCUT2D eigenvalue weighted by atomic mass is 32.2. The van der Waals surface area contributed by atoms with E-state index in [1.54, 1.807) is 6.92 Å². The number of fused-ring (bicyclic) bond motifs is 1. The topological polar surface area (TPSA) is 74.0 Å². The lowest BCUT2D eigenvalue weighted by Gasteiger charge is -2.08. The van der Waals surface area contributed by atoms with Crippen LogP contribution in [0.2, 0.25) is 0 Å². The fourth-order valence-corrected chi connectivity index (χ4v) is 2.90. The van der Waals surface area contributed by atoms with Crippen molar-refractivity contribution in [3.8, 4) is 6.07 Å². The van der Waals surface area contributed by atoms with Crippen molar-refractivity contribution >= 4 is 17.7 Å². The Balaban J connectivity index is 2.17. The van der Waals surface area contributed by atoms with Crippen LogP contribution in [0.4, 0.5) is 0 Å². The molecule has 2 rings (SSSR count). The predicted octanol–water partition coefficient (Wildman–Crippen LogP) is 2.25. The summed E-state index contributed by atoms with van der Waals surface area (Å²) in [5, 5.41) is 18.6. The van der Waals surface area contributed by atoms with Gasteiger partial charge in [-0.05, 0) is 30.9 Å².